The minimum Gasteiger partial charge on any atom is -0.309 e. The number of para-hydroxylation sites is 4. The molecule has 306 valence electrons. The average Bonchev–Trinajstić information content (AvgIpc) is 3.81. The molecule has 0 fully saturated rings. The molecule has 10 aromatic carbocycles. The van der Waals surface area contributed by atoms with Crippen molar-refractivity contribution in [2.75, 3.05) is 4.90 Å². The quantitative estimate of drug-likeness (QED) is 0.167. The van der Waals surface area contributed by atoms with Gasteiger partial charge in [-0.15, -0.1) is 0 Å². The zero-order valence-corrected chi connectivity index (χ0v) is 36.1. The standard InChI is InChI=1S/C61H42N4/c1-61(2)50-29-12-10-26-47(50)56-49(28-17-30-51(56)61)59-58(62-52-31-13-14-32-53(52)63-59)42-21-16-24-44(37-42)65-54-33-15-11-27-48(54)57-55(65)38-41-20-8-9-25-46(41)60(57)64(43-22-4-3-5-23-43)45-35-34-39-18-6-7-19-40(39)36-45/h3-38H,1-2H3. The number of hydrogen-bond donors (Lipinski definition) is 0. The van der Waals surface area contributed by atoms with Crippen molar-refractivity contribution in [2.24, 2.45) is 0 Å². The van der Waals surface area contributed by atoms with Gasteiger partial charge in [0.05, 0.1) is 39.1 Å². The molecule has 0 amide bonds. The van der Waals surface area contributed by atoms with Crippen LogP contribution in [0.2, 0.25) is 0 Å². The lowest BCUT2D eigenvalue weighted by molar-refractivity contribution is 0.660. The van der Waals surface area contributed by atoms with Crippen LogP contribution >= 0.6 is 0 Å². The Balaban J connectivity index is 1.08. The van der Waals surface area contributed by atoms with Gasteiger partial charge in [0.15, 0.2) is 0 Å². The van der Waals surface area contributed by atoms with E-state index in [0.29, 0.717) is 0 Å². The lowest BCUT2D eigenvalue weighted by Crippen LogP contribution is -2.14. The topological polar surface area (TPSA) is 34.0 Å². The molecule has 13 rings (SSSR count). The summed E-state index contributed by atoms with van der Waals surface area (Å²) in [7, 11) is 0. The van der Waals surface area contributed by atoms with Crippen molar-refractivity contribution in [3.8, 4) is 39.3 Å². The van der Waals surface area contributed by atoms with Gasteiger partial charge in [0.1, 0.15) is 0 Å². The van der Waals surface area contributed by atoms with Gasteiger partial charge >= 0.3 is 0 Å². The molecule has 1 aliphatic carbocycles. The van der Waals surface area contributed by atoms with E-state index in [2.05, 4.69) is 230 Å². The summed E-state index contributed by atoms with van der Waals surface area (Å²) in [6, 6.07) is 79.0. The zero-order valence-electron chi connectivity index (χ0n) is 36.1. The number of nitrogens with zero attached hydrogens (tertiary/aromatic N) is 4. The molecule has 0 radical (unpaired) electrons. The highest BCUT2D eigenvalue weighted by Gasteiger charge is 2.37. The van der Waals surface area contributed by atoms with Crippen LogP contribution in [0.1, 0.15) is 25.0 Å². The largest absolute Gasteiger partial charge is 0.309 e. The summed E-state index contributed by atoms with van der Waals surface area (Å²) in [5.41, 5.74) is 17.3. The van der Waals surface area contributed by atoms with E-state index in [1.165, 1.54) is 54.6 Å². The molecular formula is C61H42N4. The highest BCUT2D eigenvalue weighted by Crippen LogP contribution is 2.53. The predicted octanol–water partition coefficient (Wildman–Crippen LogP) is 16.1. The third kappa shape index (κ3) is 5.70. The van der Waals surface area contributed by atoms with E-state index in [1.807, 2.05) is 12.1 Å². The Kier molecular flexibility index (Phi) is 8.22. The Labute approximate surface area is 377 Å². The van der Waals surface area contributed by atoms with E-state index in [1.54, 1.807) is 0 Å². The van der Waals surface area contributed by atoms with Gasteiger partial charge < -0.3 is 9.47 Å². The number of anilines is 3. The molecule has 0 unspecified atom stereocenters. The van der Waals surface area contributed by atoms with Gasteiger partial charge in [-0.05, 0) is 99.1 Å². The monoisotopic (exact) mass is 830 g/mol. The Morgan fingerprint density at radius 3 is 1.92 bits per heavy atom. The Morgan fingerprint density at radius 2 is 1.08 bits per heavy atom. The van der Waals surface area contributed by atoms with Gasteiger partial charge in [-0.2, -0.15) is 0 Å². The maximum atomic E-state index is 5.48. The molecule has 2 heterocycles. The lowest BCUT2D eigenvalue weighted by atomic mass is 9.82. The number of fused-ring (bicyclic) bond motifs is 9. The summed E-state index contributed by atoms with van der Waals surface area (Å²) in [4.78, 5) is 13.4. The van der Waals surface area contributed by atoms with Crippen LogP contribution < -0.4 is 4.90 Å². The van der Waals surface area contributed by atoms with E-state index < -0.39 is 0 Å². The summed E-state index contributed by atoms with van der Waals surface area (Å²) in [5.74, 6) is 0. The third-order valence-electron chi connectivity index (χ3n) is 13.7. The third-order valence-corrected chi connectivity index (χ3v) is 13.7. The van der Waals surface area contributed by atoms with Gasteiger partial charge in [0.25, 0.3) is 0 Å². The minimum atomic E-state index is -0.143. The highest BCUT2D eigenvalue weighted by molar-refractivity contribution is 6.24. The van der Waals surface area contributed by atoms with Crippen LogP contribution in [0.25, 0.3) is 93.7 Å². The van der Waals surface area contributed by atoms with Crippen LogP contribution in [0.15, 0.2) is 218 Å². The fraction of sp³-hybridized carbons (Fsp3) is 0.0492. The number of aromatic nitrogens is 3. The van der Waals surface area contributed by atoms with Crippen LogP contribution in [0.3, 0.4) is 0 Å². The number of hydrogen-bond acceptors (Lipinski definition) is 3. The summed E-state index contributed by atoms with van der Waals surface area (Å²) in [5, 5.41) is 7.14. The molecular weight excluding hydrogens is 789 g/mol. The van der Waals surface area contributed by atoms with Gasteiger partial charge in [-0.25, -0.2) is 9.97 Å². The van der Waals surface area contributed by atoms with Crippen molar-refractivity contribution in [3.63, 3.8) is 0 Å². The van der Waals surface area contributed by atoms with Gasteiger partial charge in [0.2, 0.25) is 0 Å². The molecule has 0 bridgehead atoms. The highest BCUT2D eigenvalue weighted by atomic mass is 15.1. The first-order chi connectivity index (χ1) is 32.0. The molecule has 1 aliphatic rings. The minimum absolute atomic E-state index is 0.143. The van der Waals surface area contributed by atoms with Crippen molar-refractivity contribution in [2.45, 2.75) is 19.3 Å². The first kappa shape index (κ1) is 37.2. The molecule has 2 aromatic heterocycles. The first-order valence-corrected chi connectivity index (χ1v) is 22.4. The van der Waals surface area contributed by atoms with Crippen molar-refractivity contribution in [1.82, 2.24) is 14.5 Å². The molecule has 0 aliphatic heterocycles. The number of benzene rings is 10. The van der Waals surface area contributed by atoms with Crippen molar-refractivity contribution >= 4 is 71.4 Å². The Bertz CT molecular complexity index is 3880. The lowest BCUT2D eigenvalue weighted by Gasteiger charge is -2.28. The average molecular weight is 831 g/mol. The van der Waals surface area contributed by atoms with Gasteiger partial charge in [-0.1, -0.05) is 172 Å². The first-order valence-electron chi connectivity index (χ1n) is 22.4. The fourth-order valence-electron chi connectivity index (χ4n) is 10.7. The predicted molar refractivity (Wildman–Crippen MR) is 272 cm³/mol. The van der Waals surface area contributed by atoms with Crippen molar-refractivity contribution in [3.05, 3.63) is 230 Å². The van der Waals surface area contributed by atoms with E-state index in [-0.39, 0.29) is 5.41 Å². The molecule has 0 N–H and O–H groups in total. The summed E-state index contributed by atoms with van der Waals surface area (Å²) < 4.78 is 2.45. The van der Waals surface area contributed by atoms with E-state index >= 15 is 0 Å². The van der Waals surface area contributed by atoms with Gasteiger partial charge in [0, 0.05) is 49.8 Å². The molecule has 12 aromatic rings. The SMILES string of the molecule is CC1(C)c2ccccc2-c2c(-c3nc4ccccc4nc3-c3cccc(-n4c5ccccc5c5c(N(c6ccccc6)c6ccc7ccccc7c6)c6ccccc6cc54)c3)cccc21. The molecule has 0 saturated heterocycles. The molecule has 65 heavy (non-hydrogen) atoms. The van der Waals surface area contributed by atoms with Gasteiger partial charge in [-0.3, -0.25) is 0 Å². The zero-order chi connectivity index (χ0) is 43.2. The van der Waals surface area contributed by atoms with E-state index in [0.717, 1.165) is 67.3 Å². The Hall–Kier alpha value is -8.34. The second kappa shape index (κ2) is 14.3. The normalized spacial score (nSPS) is 12.9. The molecule has 0 atom stereocenters. The summed E-state index contributed by atoms with van der Waals surface area (Å²) in [6.45, 7) is 4.66. The summed E-state index contributed by atoms with van der Waals surface area (Å²) >= 11 is 0. The van der Waals surface area contributed by atoms with Crippen LogP contribution in [0, 0.1) is 0 Å². The van der Waals surface area contributed by atoms with Crippen molar-refractivity contribution in [1.29, 1.82) is 0 Å². The smallest absolute Gasteiger partial charge is 0.0979 e. The molecule has 0 saturated carbocycles. The van der Waals surface area contributed by atoms with E-state index in [4.69, 9.17) is 9.97 Å². The van der Waals surface area contributed by atoms with E-state index in [9.17, 15) is 0 Å². The van der Waals surface area contributed by atoms with Crippen LogP contribution in [-0.2, 0) is 5.41 Å². The van der Waals surface area contributed by atoms with Crippen molar-refractivity contribution < 1.29 is 0 Å². The molecule has 4 heteroatoms. The van der Waals surface area contributed by atoms with Crippen LogP contribution in [-0.4, -0.2) is 14.5 Å². The molecule has 4 nitrogen and oxygen atoms in total. The Morgan fingerprint density at radius 1 is 0.431 bits per heavy atom. The maximum absolute atomic E-state index is 5.48. The summed E-state index contributed by atoms with van der Waals surface area (Å²) in [6.07, 6.45) is 0. The number of rotatable bonds is 6. The second-order valence-corrected chi connectivity index (χ2v) is 17.8. The fourth-order valence-corrected chi connectivity index (χ4v) is 10.7. The molecule has 0 spiro atoms. The van der Waals surface area contributed by atoms with Crippen LogP contribution in [0.5, 0.6) is 0 Å². The van der Waals surface area contributed by atoms with Crippen LogP contribution in [0.4, 0.5) is 17.1 Å². The maximum Gasteiger partial charge on any atom is 0.0979 e. The second-order valence-electron chi connectivity index (χ2n) is 17.8.